The van der Waals surface area contributed by atoms with Crippen LogP contribution < -0.4 is 10.1 Å². The Morgan fingerprint density at radius 3 is 2.47 bits per heavy atom. The topological polar surface area (TPSA) is 84.9 Å². The number of nitrogens with one attached hydrogen (secondary N) is 1. The van der Waals surface area contributed by atoms with Crippen molar-refractivity contribution in [2.24, 2.45) is 0 Å². The van der Waals surface area contributed by atoms with Crippen LogP contribution in [0.15, 0.2) is 53.4 Å². The van der Waals surface area contributed by atoms with E-state index in [1.165, 1.54) is 10.4 Å². The van der Waals surface area contributed by atoms with Crippen molar-refractivity contribution in [3.8, 4) is 5.75 Å². The summed E-state index contributed by atoms with van der Waals surface area (Å²) in [5, 5.41) is 2.77. The minimum atomic E-state index is -3.91. The molecule has 0 unspecified atom stereocenters. The van der Waals surface area contributed by atoms with Crippen molar-refractivity contribution in [3.63, 3.8) is 0 Å². The molecule has 0 spiro atoms. The third-order valence-corrected chi connectivity index (χ3v) is 6.22. The molecule has 2 aromatic rings. The first-order chi connectivity index (χ1) is 14.3. The van der Waals surface area contributed by atoms with E-state index < -0.39 is 10.0 Å². The molecule has 164 valence electrons. The Morgan fingerprint density at radius 1 is 1.17 bits per heavy atom. The van der Waals surface area contributed by atoms with Crippen molar-refractivity contribution in [3.05, 3.63) is 59.7 Å². The van der Waals surface area contributed by atoms with Crippen molar-refractivity contribution < 1.29 is 22.7 Å². The van der Waals surface area contributed by atoms with Crippen molar-refractivity contribution in [1.29, 1.82) is 0 Å². The molecule has 30 heavy (non-hydrogen) atoms. The standard InChI is InChI=1S/C22H30N2O5S/c1-5-29-21-12-11-20(13-17(21)2)30(26,27)24(14-19-9-7-6-8-10-19)15-22(25)23-18(3)16-28-4/h6-13,18H,5,14-16H2,1-4H3,(H,23,25)/t18-/m0/s1. The van der Waals surface area contributed by atoms with Crippen LogP contribution in [-0.4, -0.2) is 51.5 Å². The number of sulfonamides is 1. The molecule has 0 saturated carbocycles. The Labute approximate surface area is 179 Å². The fourth-order valence-electron chi connectivity index (χ4n) is 3.03. The highest BCUT2D eigenvalue weighted by atomic mass is 32.2. The van der Waals surface area contributed by atoms with E-state index in [4.69, 9.17) is 9.47 Å². The van der Waals surface area contributed by atoms with Gasteiger partial charge in [0.1, 0.15) is 5.75 Å². The molecular formula is C22H30N2O5S. The molecule has 0 radical (unpaired) electrons. The van der Waals surface area contributed by atoms with Gasteiger partial charge in [-0.2, -0.15) is 4.31 Å². The second-order valence-electron chi connectivity index (χ2n) is 7.04. The maximum absolute atomic E-state index is 13.4. The van der Waals surface area contributed by atoms with E-state index in [0.717, 1.165) is 11.1 Å². The zero-order chi connectivity index (χ0) is 22.1. The maximum Gasteiger partial charge on any atom is 0.243 e. The number of methoxy groups -OCH3 is 1. The average Bonchev–Trinajstić information content (AvgIpc) is 2.70. The van der Waals surface area contributed by atoms with Gasteiger partial charge in [0.15, 0.2) is 0 Å². The number of aryl methyl sites for hydroxylation is 1. The molecule has 2 aromatic carbocycles. The second-order valence-corrected chi connectivity index (χ2v) is 8.98. The predicted octanol–water partition coefficient (Wildman–Crippen LogP) is 2.74. The lowest BCUT2D eigenvalue weighted by atomic mass is 10.2. The average molecular weight is 435 g/mol. The zero-order valence-electron chi connectivity index (χ0n) is 17.9. The number of nitrogens with zero attached hydrogens (tertiary/aromatic N) is 1. The molecule has 0 aromatic heterocycles. The Morgan fingerprint density at radius 2 is 1.87 bits per heavy atom. The van der Waals surface area contributed by atoms with Crippen LogP contribution in [0.25, 0.3) is 0 Å². The normalized spacial score (nSPS) is 12.6. The van der Waals surface area contributed by atoms with Gasteiger partial charge in [0.25, 0.3) is 0 Å². The summed E-state index contributed by atoms with van der Waals surface area (Å²) in [6.07, 6.45) is 0. The molecule has 0 saturated heterocycles. The van der Waals surface area contributed by atoms with Crippen LogP contribution in [0.4, 0.5) is 0 Å². The highest BCUT2D eigenvalue weighted by molar-refractivity contribution is 7.89. The first-order valence-corrected chi connectivity index (χ1v) is 11.3. The Bertz CT molecular complexity index is 932. The van der Waals surface area contributed by atoms with E-state index in [1.807, 2.05) is 37.3 Å². The third kappa shape index (κ3) is 6.55. The smallest absolute Gasteiger partial charge is 0.243 e. The van der Waals surface area contributed by atoms with Gasteiger partial charge in [-0.05, 0) is 50.1 Å². The minimum Gasteiger partial charge on any atom is -0.494 e. The van der Waals surface area contributed by atoms with E-state index in [-0.39, 0.29) is 29.9 Å². The van der Waals surface area contributed by atoms with Gasteiger partial charge in [0, 0.05) is 19.7 Å². The molecule has 8 heteroatoms. The lowest BCUT2D eigenvalue weighted by Crippen LogP contribution is -2.44. The van der Waals surface area contributed by atoms with Gasteiger partial charge in [0.2, 0.25) is 15.9 Å². The second kappa shape index (κ2) is 11.1. The number of amides is 1. The van der Waals surface area contributed by atoms with Crippen molar-refractivity contribution in [1.82, 2.24) is 9.62 Å². The van der Waals surface area contributed by atoms with E-state index in [0.29, 0.717) is 19.0 Å². The van der Waals surface area contributed by atoms with Crippen LogP contribution in [-0.2, 0) is 26.1 Å². The Kier molecular flexibility index (Phi) is 8.83. The summed E-state index contributed by atoms with van der Waals surface area (Å²) in [5.74, 6) is 0.249. The number of hydrogen-bond acceptors (Lipinski definition) is 5. The Balaban J connectivity index is 2.31. The lowest BCUT2D eigenvalue weighted by Gasteiger charge is -2.23. The monoisotopic (exact) mass is 434 g/mol. The summed E-state index contributed by atoms with van der Waals surface area (Å²) < 4.78 is 38.5. The number of hydrogen-bond donors (Lipinski definition) is 1. The van der Waals surface area contributed by atoms with E-state index in [1.54, 1.807) is 33.1 Å². The fourth-order valence-corrected chi connectivity index (χ4v) is 4.50. The van der Waals surface area contributed by atoms with Crippen LogP contribution in [0.5, 0.6) is 5.75 Å². The van der Waals surface area contributed by atoms with E-state index >= 15 is 0 Å². The van der Waals surface area contributed by atoms with Gasteiger partial charge in [0.05, 0.1) is 24.7 Å². The summed E-state index contributed by atoms with van der Waals surface area (Å²) in [7, 11) is -2.37. The summed E-state index contributed by atoms with van der Waals surface area (Å²) in [5.41, 5.74) is 1.51. The first-order valence-electron chi connectivity index (χ1n) is 9.83. The number of ether oxygens (including phenoxy) is 2. The molecule has 0 fully saturated rings. The minimum absolute atomic E-state index is 0.0848. The van der Waals surface area contributed by atoms with E-state index in [9.17, 15) is 13.2 Å². The van der Waals surface area contributed by atoms with Crippen LogP contribution in [0.3, 0.4) is 0 Å². The largest absolute Gasteiger partial charge is 0.494 e. The first kappa shape index (κ1) is 23.9. The van der Waals surface area contributed by atoms with Crippen molar-refractivity contribution in [2.45, 2.75) is 38.3 Å². The number of rotatable bonds is 11. The van der Waals surface area contributed by atoms with Gasteiger partial charge in [-0.25, -0.2) is 8.42 Å². The maximum atomic E-state index is 13.4. The molecular weight excluding hydrogens is 404 g/mol. The van der Waals surface area contributed by atoms with Gasteiger partial charge in [-0.3, -0.25) is 4.79 Å². The van der Waals surface area contributed by atoms with Crippen molar-refractivity contribution in [2.75, 3.05) is 26.9 Å². The van der Waals surface area contributed by atoms with Crippen molar-refractivity contribution >= 4 is 15.9 Å². The molecule has 0 heterocycles. The SMILES string of the molecule is CCOc1ccc(S(=O)(=O)N(CC(=O)N[C@@H](C)COC)Cc2ccccc2)cc1C. The molecule has 1 amide bonds. The molecule has 0 bridgehead atoms. The van der Waals surface area contributed by atoms with Gasteiger partial charge < -0.3 is 14.8 Å². The summed E-state index contributed by atoms with van der Waals surface area (Å²) in [4.78, 5) is 12.6. The number of benzene rings is 2. The highest BCUT2D eigenvalue weighted by Crippen LogP contribution is 2.25. The zero-order valence-corrected chi connectivity index (χ0v) is 18.7. The van der Waals surface area contributed by atoms with Crippen LogP contribution in [0.1, 0.15) is 25.0 Å². The summed E-state index contributed by atoms with van der Waals surface area (Å²) in [6, 6.07) is 13.7. The quantitative estimate of drug-likeness (QED) is 0.588. The molecule has 7 nitrogen and oxygen atoms in total. The highest BCUT2D eigenvalue weighted by Gasteiger charge is 2.28. The van der Waals surface area contributed by atoms with Crippen LogP contribution in [0, 0.1) is 6.92 Å². The van der Waals surface area contributed by atoms with Gasteiger partial charge >= 0.3 is 0 Å². The van der Waals surface area contributed by atoms with E-state index in [2.05, 4.69) is 5.32 Å². The molecule has 0 aliphatic heterocycles. The molecule has 0 aliphatic carbocycles. The molecule has 1 N–H and O–H groups in total. The van der Waals surface area contributed by atoms with Gasteiger partial charge in [-0.1, -0.05) is 30.3 Å². The van der Waals surface area contributed by atoms with Crippen LogP contribution in [0.2, 0.25) is 0 Å². The molecule has 0 aliphatic rings. The lowest BCUT2D eigenvalue weighted by molar-refractivity contribution is -0.122. The van der Waals surface area contributed by atoms with Crippen LogP contribution >= 0.6 is 0 Å². The summed E-state index contributed by atoms with van der Waals surface area (Å²) in [6.45, 7) is 6.09. The Hall–Kier alpha value is -2.42. The number of carbonyl (C=O) groups excluding carboxylic acids is 1. The number of carbonyl (C=O) groups is 1. The predicted molar refractivity (Wildman–Crippen MR) is 116 cm³/mol. The molecule has 1 atom stereocenters. The molecule has 2 rings (SSSR count). The summed E-state index contributed by atoms with van der Waals surface area (Å²) >= 11 is 0. The fraction of sp³-hybridized carbons (Fsp3) is 0.409. The van der Waals surface area contributed by atoms with Gasteiger partial charge in [-0.15, -0.1) is 0 Å². The third-order valence-electron chi connectivity index (χ3n) is 4.43.